The van der Waals surface area contributed by atoms with Crippen molar-refractivity contribution in [3.05, 3.63) is 60.7 Å². The number of carbonyl (C=O) groups is 1. The third-order valence-electron chi connectivity index (χ3n) is 3.16. The number of nitrogens with one attached hydrogen (secondary N) is 1. The molecule has 0 fully saturated rings. The van der Waals surface area contributed by atoms with Crippen LogP contribution < -0.4 is 5.32 Å². The normalized spacial score (nSPS) is 10.5. The molecule has 0 unspecified atom stereocenters. The molecule has 0 atom stereocenters. The molecule has 7 heteroatoms. The van der Waals surface area contributed by atoms with Gasteiger partial charge in [-0.25, -0.2) is 4.98 Å². The van der Waals surface area contributed by atoms with E-state index in [2.05, 4.69) is 20.5 Å². The number of hydrogen-bond donors (Lipinski definition) is 1. The van der Waals surface area contributed by atoms with Gasteiger partial charge < -0.3 is 9.73 Å². The lowest BCUT2D eigenvalue weighted by molar-refractivity contribution is 0.0952. The number of aromatic nitrogens is 4. The molecule has 112 valence electrons. The Kier molecular flexibility index (Phi) is 4.24. The number of aryl methyl sites for hydroxylation is 1. The van der Waals surface area contributed by atoms with Gasteiger partial charge in [-0.2, -0.15) is 0 Å². The molecule has 7 nitrogen and oxygen atoms in total. The van der Waals surface area contributed by atoms with Gasteiger partial charge in [-0.15, -0.1) is 10.2 Å². The lowest BCUT2D eigenvalue weighted by atomic mass is 10.2. The van der Waals surface area contributed by atoms with E-state index in [1.165, 1.54) is 6.20 Å². The van der Waals surface area contributed by atoms with Crippen LogP contribution in [0.4, 0.5) is 0 Å². The predicted octanol–water partition coefficient (Wildman–Crippen LogP) is 1.62. The predicted molar refractivity (Wildman–Crippen MR) is 78.5 cm³/mol. The van der Waals surface area contributed by atoms with E-state index in [1.54, 1.807) is 35.6 Å². The van der Waals surface area contributed by atoms with Gasteiger partial charge in [0.2, 0.25) is 0 Å². The number of carbonyl (C=O) groups excluding carboxylic acids is 1. The molecule has 3 rings (SSSR count). The number of pyridine rings is 1. The smallest absolute Gasteiger partial charge is 0.252 e. The van der Waals surface area contributed by atoms with Crippen LogP contribution in [0.15, 0.2) is 53.8 Å². The molecule has 3 aromatic heterocycles. The molecule has 3 heterocycles. The monoisotopic (exact) mass is 297 g/mol. The number of furan rings is 1. The fraction of sp³-hybridized carbons (Fsp3) is 0.200. The largest absolute Gasteiger partial charge is 0.469 e. The fourth-order valence-corrected chi connectivity index (χ4v) is 2.01. The molecule has 0 saturated carbocycles. The second-order valence-corrected chi connectivity index (χ2v) is 4.71. The summed E-state index contributed by atoms with van der Waals surface area (Å²) in [5, 5.41) is 10.3. The van der Waals surface area contributed by atoms with E-state index in [1.807, 2.05) is 12.1 Å². The van der Waals surface area contributed by atoms with E-state index >= 15 is 0 Å². The van der Waals surface area contributed by atoms with Crippen molar-refractivity contribution in [2.75, 3.05) is 6.54 Å². The zero-order valence-corrected chi connectivity index (χ0v) is 11.8. The molecule has 0 aromatic carbocycles. The Balaban J connectivity index is 1.49. The third kappa shape index (κ3) is 3.38. The minimum absolute atomic E-state index is 0.137. The van der Waals surface area contributed by atoms with E-state index < -0.39 is 0 Å². The SMILES string of the molecule is O=C(NCCCc1ccco1)c1ccc(-n2cnnc2)nc1. The summed E-state index contributed by atoms with van der Waals surface area (Å²) in [7, 11) is 0. The van der Waals surface area contributed by atoms with Crippen LogP contribution in [0.2, 0.25) is 0 Å². The minimum Gasteiger partial charge on any atom is -0.469 e. The highest BCUT2D eigenvalue weighted by Crippen LogP contribution is 2.05. The number of nitrogens with zero attached hydrogens (tertiary/aromatic N) is 4. The van der Waals surface area contributed by atoms with Gasteiger partial charge in [0.25, 0.3) is 5.91 Å². The summed E-state index contributed by atoms with van der Waals surface area (Å²) in [4.78, 5) is 16.2. The molecule has 1 amide bonds. The van der Waals surface area contributed by atoms with Gasteiger partial charge >= 0.3 is 0 Å². The Morgan fingerprint density at radius 1 is 1.23 bits per heavy atom. The van der Waals surface area contributed by atoms with Crippen molar-refractivity contribution in [3.63, 3.8) is 0 Å². The standard InChI is InChI=1S/C15H15N5O2/c21-15(16-7-1-3-13-4-2-8-22-13)12-5-6-14(17-9-12)20-10-18-19-11-20/h2,4-6,8-11H,1,3,7H2,(H,16,21). The third-order valence-corrected chi connectivity index (χ3v) is 3.16. The van der Waals surface area contributed by atoms with Crippen molar-refractivity contribution < 1.29 is 9.21 Å². The zero-order chi connectivity index (χ0) is 15.2. The van der Waals surface area contributed by atoms with Crippen molar-refractivity contribution in [1.29, 1.82) is 0 Å². The maximum absolute atomic E-state index is 12.0. The quantitative estimate of drug-likeness (QED) is 0.699. The first-order valence-corrected chi connectivity index (χ1v) is 6.94. The number of rotatable bonds is 6. The maximum atomic E-state index is 12.0. The van der Waals surface area contributed by atoms with Crippen LogP contribution in [0.3, 0.4) is 0 Å². The van der Waals surface area contributed by atoms with Crippen LogP contribution >= 0.6 is 0 Å². The fourth-order valence-electron chi connectivity index (χ4n) is 2.01. The van der Waals surface area contributed by atoms with E-state index in [-0.39, 0.29) is 5.91 Å². The van der Waals surface area contributed by atoms with Crippen molar-refractivity contribution in [1.82, 2.24) is 25.1 Å². The van der Waals surface area contributed by atoms with E-state index in [0.717, 1.165) is 18.6 Å². The summed E-state index contributed by atoms with van der Waals surface area (Å²) >= 11 is 0. The second kappa shape index (κ2) is 6.66. The van der Waals surface area contributed by atoms with E-state index in [0.29, 0.717) is 17.9 Å². The highest BCUT2D eigenvalue weighted by Gasteiger charge is 2.06. The zero-order valence-electron chi connectivity index (χ0n) is 11.8. The van der Waals surface area contributed by atoms with Crippen molar-refractivity contribution in [3.8, 4) is 5.82 Å². The molecule has 0 spiro atoms. The van der Waals surface area contributed by atoms with Crippen LogP contribution in [0.5, 0.6) is 0 Å². The molecule has 1 N–H and O–H groups in total. The highest BCUT2D eigenvalue weighted by atomic mass is 16.3. The molecule has 0 aliphatic carbocycles. The molecule has 0 bridgehead atoms. The van der Waals surface area contributed by atoms with Crippen LogP contribution in [0, 0.1) is 0 Å². The van der Waals surface area contributed by atoms with Gasteiger partial charge in [0.15, 0.2) is 0 Å². The topological polar surface area (TPSA) is 85.8 Å². The summed E-state index contributed by atoms with van der Waals surface area (Å²) < 4.78 is 6.91. The molecule has 0 radical (unpaired) electrons. The number of amides is 1. The van der Waals surface area contributed by atoms with Crippen LogP contribution in [-0.2, 0) is 6.42 Å². The Hall–Kier alpha value is -2.96. The maximum Gasteiger partial charge on any atom is 0.252 e. The summed E-state index contributed by atoms with van der Waals surface area (Å²) in [5.41, 5.74) is 0.523. The second-order valence-electron chi connectivity index (χ2n) is 4.71. The Morgan fingerprint density at radius 3 is 2.77 bits per heavy atom. The number of hydrogen-bond acceptors (Lipinski definition) is 5. The lowest BCUT2D eigenvalue weighted by Gasteiger charge is -2.05. The van der Waals surface area contributed by atoms with E-state index in [9.17, 15) is 4.79 Å². The molecule has 0 saturated heterocycles. The van der Waals surface area contributed by atoms with Crippen LogP contribution in [0.25, 0.3) is 5.82 Å². The van der Waals surface area contributed by atoms with Crippen molar-refractivity contribution in [2.24, 2.45) is 0 Å². The molecule has 0 aliphatic heterocycles. The van der Waals surface area contributed by atoms with Gasteiger partial charge in [0.05, 0.1) is 11.8 Å². The Bertz CT molecular complexity index is 705. The van der Waals surface area contributed by atoms with Crippen molar-refractivity contribution in [2.45, 2.75) is 12.8 Å². The Morgan fingerprint density at radius 2 is 2.09 bits per heavy atom. The van der Waals surface area contributed by atoms with Crippen LogP contribution in [-0.4, -0.2) is 32.2 Å². The summed E-state index contributed by atoms with van der Waals surface area (Å²) in [5.74, 6) is 1.45. The summed E-state index contributed by atoms with van der Waals surface area (Å²) in [6.07, 6.45) is 7.92. The summed E-state index contributed by atoms with van der Waals surface area (Å²) in [6.45, 7) is 0.590. The van der Waals surface area contributed by atoms with E-state index in [4.69, 9.17) is 4.42 Å². The van der Waals surface area contributed by atoms with Gasteiger partial charge in [0, 0.05) is 19.2 Å². The van der Waals surface area contributed by atoms with Crippen LogP contribution in [0.1, 0.15) is 22.5 Å². The molecule has 3 aromatic rings. The van der Waals surface area contributed by atoms with Gasteiger partial charge in [-0.05, 0) is 30.7 Å². The lowest BCUT2D eigenvalue weighted by Crippen LogP contribution is -2.24. The highest BCUT2D eigenvalue weighted by molar-refractivity contribution is 5.93. The first-order chi connectivity index (χ1) is 10.8. The first kappa shape index (κ1) is 14.0. The van der Waals surface area contributed by atoms with Gasteiger partial charge in [-0.3, -0.25) is 9.36 Å². The summed E-state index contributed by atoms with van der Waals surface area (Å²) in [6, 6.07) is 7.26. The Labute approximate surface area is 127 Å². The average molecular weight is 297 g/mol. The first-order valence-electron chi connectivity index (χ1n) is 6.94. The molecule has 22 heavy (non-hydrogen) atoms. The molecular weight excluding hydrogens is 282 g/mol. The van der Waals surface area contributed by atoms with Gasteiger partial charge in [0.1, 0.15) is 24.2 Å². The average Bonchev–Trinajstić information content (AvgIpc) is 3.25. The van der Waals surface area contributed by atoms with Crippen molar-refractivity contribution >= 4 is 5.91 Å². The minimum atomic E-state index is -0.137. The van der Waals surface area contributed by atoms with Gasteiger partial charge in [-0.1, -0.05) is 0 Å². The molecular formula is C15H15N5O2. The molecule has 0 aliphatic rings.